The molecule has 0 bridgehead atoms. The summed E-state index contributed by atoms with van der Waals surface area (Å²) in [6.07, 6.45) is 3.60. The van der Waals surface area contributed by atoms with Crippen molar-refractivity contribution in [3.8, 4) is 5.75 Å². The number of carboxylic acid groups (broad SMARTS) is 1. The lowest BCUT2D eigenvalue weighted by Crippen LogP contribution is -2.34. The van der Waals surface area contributed by atoms with Crippen LogP contribution in [0.25, 0.3) is 10.9 Å². The lowest BCUT2D eigenvalue weighted by molar-refractivity contribution is 0.0697. The first-order valence-corrected chi connectivity index (χ1v) is 9.89. The summed E-state index contributed by atoms with van der Waals surface area (Å²) in [5.41, 5.74) is 1.21. The number of piperidine rings is 1. The molecule has 1 aliphatic rings. The number of hydrogen-bond donors (Lipinski definition) is 3. The second kappa shape index (κ2) is 8.41. The highest BCUT2D eigenvalue weighted by Gasteiger charge is 2.18. The molecule has 3 N–H and O–H groups in total. The second-order valence-corrected chi connectivity index (χ2v) is 7.51. The van der Waals surface area contributed by atoms with E-state index in [2.05, 4.69) is 20.6 Å². The van der Waals surface area contributed by atoms with E-state index in [1.807, 2.05) is 6.07 Å². The molecule has 4 rings (SSSR count). The first-order valence-electron chi connectivity index (χ1n) is 9.14. The molecule has 0 radical (unpaired) electrons. The van der Waals surface area contributed by atoms with Crippen LogP contribution in [0.2, 0.25) is 10.0 Å². The van der Waals surface area contributed by atoms with Crippen LogP contribution >= 0.6 is 23.2 Å². The van der Waals surface area contributed by atoms with Crippen molar-refractivity contribution in [1.29, 1.82) is 0 Å². The smallest absolute Gasteiger partial charge is 0.337 e. The van der Waals surface area contributed by atoms with E-state index < -0.39 is 5.97 Å². The summed E-state index contributed by atoms with van der Waals surface area (Å²) < 4.78 is 6.19. The molecule has 1 aromatic heterocycles. The molecule has 1 saturated heterocycles. The maximum absolute atomic E-state index is 11.1. The zero-order chi connectivity index (χ0) is 20.4. The van der Waals surface area contributed by atoms with Crippen LogP contribution in [0.4, 0.5) is 11.6 Å². The van der Waals surface area contributed by atoms with E-state index in [-0.39, 0.29) is 16.7 Å². The van der Waals surface area contributed by atoms with Crippen LogP contribution in [0, 0.1) is 0 Å². The van der Waals surface area contributed by atoms with Gasteiger partial charge in [-0.2, -0.15) is 0 Å². The summed E-state index contributed by atoms with van der Waals surface area (Å²) in [4.78, 5) is 20.0. The number of aromatic nitrogens is 2. The Bertz CT molecular complexity index is 1070. The monoisotopic (exact) mass is 432 g/mol. The molecule has 0 amide bonds. The number of ether oxygens (including phenoxy) is 1. The molecule has 9 heteroatoms. The van der Waals surface area contributed by atoms with E-state index >= 15 is 0 Å². The SMILES string of the molecule is O=C(O)c1ccc(Nc2ncc3c(Cl)ccc(OC4CCNCC4)c3n2)cc1Cl. The molecular formula is C20H18Cl2N4O3. The number of benzene rings is 2. The number of aromatic carboxylic acids is 1. The lowest BCUT2D eigenvalue weighted by Gasteiger charge is -2.24. The van der Waals surface area contributed by atoms with Gasteiger partial charge < -0.3 is 20.5 Å². The number of nitrogens with one attached hydrogen (secondary N) is 2. The van der Waals surface area contributed by atoms with Crippen molar-refractivity contribution in [2.24, 2.45) is 0 Å². The third-order valence-electron chi connectivity index (χ3n) is 4.70. The maximum Gasteiger partial charge on any atom is 0.337 e. The average Bonchev–Trinajstić information content (AvgIpc) is 2.71. The van der Waals surface area contributed by atoms with Crippen molar-refractivity contribution < 1.29 is 14.6 Å². The summed E-state index contributed by atoms with van der Waals surface area (Å²) in [5, 5.41) is 16.8. The van der Waals surface area contributed by atoms with E-state index in [1.54, 1.807) is 18.3 Å². The van der Waals surface area contributed by atoms with Crippen molar-refractivity contribution >= 4 is 51.7 Å². The Morgan fingerprint density at radius 1 is 1.17 bits per heavy atom. The van der Waals surface area contributed by atoms with Crippen LogP contribution in [-0.2, 0) is 0 Å². The molecule has 0 spiro atoms. The van der Waals surface area contributed by atoms with Gasteiger partial charge in [-0.1, -0.05) is 23.2 Å². The van der Waals surface area contributed by atoms with Crippen molar-refractivity contribution in [1.82, 2.24) is 15.3 Å². The fourth-order valence-corrected chi connectivity index (χ4v) is 3.67. The van der Waals surface area contributed by atoms with Gasteiger partial charge in [-0.25, -0.2) is 14.8 Å². The minimum atomic E-state index is -1.09. The van der Waals surface area contributed by atoms with Gasteiger partial charge in [0.2, 0.25) is 5.95 Å². The highest BCUT2D eigenvalue weighted by molar-refractivity contribution is 6.35. The van der Waals surface area contributed by atoms with Crippen molar-refractivity contribution in [3.05, 3.63) is 52.1 Å². The van der Waals surface area contributed by atoms with Gasteiger partial charge in [-0.3, -0.25) is 0 Å². The van der Waals surface area contributed by atoms with E-state index in [0.29, 0.717) is 33.3 Å². The van der Waals surface area contributed by atoms with Gasteiger partial charge in [0.1, 0.15) is 17.4 Å². The number of fused-ring (bicyclic) bond motifs is 1. The Morgan fingerprint density at radius 3 is 2.69 bits per heavy atom. The Balaban J connectivity index is 1.64. The number of hydrogen-bond acceptors (Lipinski definition) is 6. The maximum atomic E-state index is 11.1. The summed E-state index contributed by atoms with van der Waals surface area (Å²) in [7, 11) is 0. The fraction of sp³-hybridized carbons (Fsp3) is 0.250. The fourth-order valence-electron chi connectivity index (χ4n) is 3.21. The minimum absolute atomic E-state index is 0.0288. The topological polar surface area (TPSA) is 96.4 Å². The molecule has 0 unspecified atom stereocenters. The Morgan fingerprint density at radius 2 is 1.97 bits per heavy atom. The first kappa shape index (κ1) is 19.7. The van der Waals surface area contributed by atoms with Gasteiger partial charge in [0.15, 0.2) is 0 Å². The lowest BCUT2D eigenvalue weighted by atomic mass is 10.1. The molecule has 7 nitrogen and oxygen atoms in total. The third kappa shape index (κ3) is 4.37. The Labute approximate surface area is 177 Å². The van der Waals surface area contributed by atoms with Crippen molar-refractivity contribution in [2.45, 2.75) is 18.9 Å². The predicted octanol–water partition coefficient (Wildman–Crippen LogP) is 4.51. The largest absolute Gasteiger partial charge is 0.488 e. The zero-order valence-electron chi connectivity index (χ0n) is 15.3. The van der Waals surface area contributed by atoms with Gasteiger partial charge in [0.05, 0.1) is 15.6 Å². The summed E-state index contributed by atoms with van der Waals surface area (Å²) in [6.45, 7) is 1.84. The summed E-state index contributed by atoms with van der Waals surface area (Å²) >= 11 is 12.3. The van der Waals surface area contributed by atoms with Crippen LogP contribution in [0.1, 0.15) is 23.2 Å². The van der Waals surface area contributed by atoms with Crippen LogP contribution in [0.15, 0.2) is 36.5 Å². The Kier molecular flexibility index (Phi) is 5.71. The van der Waals surface area contributed by atoms with Crippen LogP contribution in [0.3, 0.4) is 0 Å². The Hall–Kier alpha value is -2.61. The number of halogens is 2. The van der Waals surface area contributed by atoms with Crippen molar-refractivity contribution in [3.63, 3.8) is 0 Å². The van der Waals surface area contributed by atoms with Crippen LogP contribution in [-0.4, -0.2) is 40.2 Å². The first-order chi connectivity index (χ1) is 14.0. The molecule has 1 fully saturated rings. The van der Waals surface area contributed by atoms with E-state index in [0.717, 1.165) is 25.9 Å². The standard InChI is InChI=1S/C20H18Cl2N4O3/c21-15-3-4-17(29-12-5-7-23-8-6-12)18-14(15)10-24-20(26-18)25-11-1-2-13(19(27)28)16(22)9-11/h1-4,9-10,12,23H,5-8H2,(H,27,28)(H,24,25,26). The van der Waals surface area contributed by atoms with E-state index in [1.165, 1.54) is 12.1 Å². The van der Waals surface area contributed by atoms with Crippen LogP contribution < -0.4 is 15.4 Å². The number of carboxylic acids is 1. The number of carbonyl (C=O) groups is 1. The van der Waals surface area contributed by atoms with E-state index in [4.69, 9.17) is 33.0 Å². The summed E-state index contributed by atoms with van der Waals surface area (Å²) in [5.74, 6) is -0.104. The average molecular weight is 433 g/mol. The molecular weight excluding hydrogens is 415 g/mol. The highest BCUT2D eigenvalue weighted by atomic mass is 35.5. The van der Waals surface area contributed by atoms with Gasteiger partial charge in [0, 0.05) is 17.3 Å². The molecule has 0 aliphatic carbocycles. The van der Waals surface area contributed by atoms with Crippen molar-refractivity contribution in [2.75, 3.05) is 18.4 Å². The van der Waals surface area contributed by atoms with Gasteiger partial charge >= 0.3 is 5.97 Å². The van der Waals surface area contributed by atoms with Gasteiger partial charge in [-0.15, -0.1) is 0 Å². The zero-order valence-corrected chi connectivity index (χ0v) is 16.8. The highest BCUT2D eigenvalue weighted by Crippen LogP contribution is 2.32. The summed E-state index contributed by atoms with van der Waals surface area (Å²) in [6, 6.07) is 8.15. The van der Waals surface area contributed by atoms with E-state index in [9.17, 15) is 4.79 Å². The third-order valence-corrected chi connectivity index (χ3v) is 5.34. The molecule has 0 atom stereocenters. The molecule has 2 heterocycles. The predicted molar refractivity (Wildman–Crippen MR) is 113 cm³/mol. The molecule has 1 aliphatic heterocycles. The molecule has 2 aromatic carbocycles. The number of nitrogens with zero attached hydrogens (tertiary/aromatic N) is 2. The minimum Gasteiger partial charge on any atom is -0.488 e. The molecule has 150 valence electrons. The van der Waals surface area contributed by atoms with Crippen LogP contribution in [0.5, 0.6) is 5.75 Å². The molecule has 3 aromatic rings. The molecule has 29 heavy (non-hydrogen) atoms. The van der Waals surface area contributed by atoms with Gasteiger partial charge in [0.25, 0.3) is 0 Å². The number of rotatable bonds is 5. The number of anilines is 2. The quantitative estimate of drug-likeness (QED) is 0.545. The second-order valence-electron chi connectivity index (χ2n) is 6.69. The molecule has 0 saturated carbocycles. The van der Waals surface area contributed by atoms with Gasteiger partial charge in [-0.05, 0) is 56.3 Å². The normalized spacial score (nSPS) is 14.7.